The summed E-state index contributed by atoms with van der Waals surface area (Å²) in [6.07, 6.45) is -0.659. The van der Waals surface area contributed by atoms with Gasteiger partial charge in [0.05, 0.1) is 0 Å². The van der Waals surface area contributed by atoms with E-state index in [1.54, 1.807) is 19.2 Å². The van der Waals surface area contributed by atoms with Crippen molar-refractivity contribution in [2.24, 2.45) is 0 Å². The molecule has 5 heteroatoms. The Bertz CT molecular complexity index is 396. The molecule has 0 aliphatic rings. The van der Waals surface area contributed by atoms with E-state index in [9.17, 15) is 4.79 Å². The number of anilines is 1. The average Bonchev–Trinajstić information content (AvgIpc) is 2.23. The summed E-state index contributed by atoms with van der Waals surface area (Å²) in [5.41, 5.74) is 1.59. The third kappa shape index (κ3) is 4.63. The number of benzene rings is 1. The molecule has 1 unspecified atom stereocenters. The molecule has 0 aliphatic carbocycles. The lowest BCUT2D eigenvalue weighted by Crippen LogP contribution is -2.28. The van der Waals surface area contributed by atoms with E-state index in [0.717, 1.165) is 5.56 Å². The van der Waals surface area contributed by atoms with Crippen LogP contribution in [0, 0.1) is 6.92 Å². The molecule has 1 aromatic rings. The molecule has 17 heavy (non-hydrogen) atoms. The zero-order valence-corrected chi connectivity index (χ0v) is 11.0. The van der Waals surface area contributed by atoms with Crippen LogP contribution < -0.4 is 10.6 Å². The number of hydrogen-bond acceptors (Lipinski definition) is 3. The molecule has 2 N–H and O–H groups in total. The van der Waals surface area contributed by atoms with E-state index >= 15 is 0 Å². The molecular weight excluding hydrogens is 240 g/mol. The second kappa shape index (κ2) is 6.47. The molecule has 1 rings (SSSR count). The van der Waals surface area contributed by atoms with Crippen molar-refractivity contribution < 1.29 is 9.53 Å². The van der Waals surface area contributed by atoms with E-state index in [0.29, 0.717) is 17.3 Å². The molecule has 0 aliphatic heterocycles. The lowest BCUT2D eigenvalue weighted by Gasteiger charge is -2.13. The predicted octanol–water partition coefficient (Wildman–Crippen LogP) is 2.80. The Hall–Kier alpha value is -1.26. The van der Waals surface area contributed by atoms with E-state index in [2.05, 4.69) is 10.6 Å². The number of carbonyl (C=O) groups excluding carboxylic acids is 1. The molecular formula is C12H17ClN2O2. The van der Waals surface area contributed by atoms with Gasteiger partial charge in [-0.05, 0) is 38.6 Å². The van der Waals surface area contributed by atoms with Gasteiger partial charge >= 0.3 is 6.09 Å². The average molecular weight is 257 g/mol. The minimum atomic E-state index is -0.479. The first kappa shape index (κ1) is 13.8. The fourth-order valence-electron chi connectivity index (χ4n) is 1.33. The smallest absolute Gasteiger partial charge is 0.411 e. The van der Waals surface area contributed by atoms with Gasteiger partial charge in [-0.2, -0.15) is 0 Å². The normalized spacial score (nSPS) is 12.0. The summed E-state index contributed by atoms with van der Waals surface area (Å²) in [6.45, 7) is 4.33. The monoisotopic (exact) mass is 256 g/mol. The Morgan fingerprint density at radius 2 is 2.24 bits per heavy atom. The number of halogens is 1. The minimum Gasteiger partial charge on any atom is -0.445 e. The number of likely N-dealkylation sites (N-methyl/N-ethyl adjacent to an activating group) is 1. The number of rotatable bonds is 4. The molecule has 0 bridgehead atoms. The van der Waals surface area contributed by atoms with Crippen LogP contribution in [0.15, 0.2) is 18.2 Å². The molecule has 4 nitrogen and oxygen atoms in total. The van der Waals surface area contributed by atoms with Gasteiger partial charge in [0.2, 0.25) is 0 Å². The van der Waals surface area contributed by atoms with Crippen molar-refractivity contribution in [3.63, 3.8) is 0 Å². The summed E-state index contributed by atoms with van der Waals surface area (Å²) in [5, 5.41) is 6.17. The lowest BCUT2D eigenvalue weighted by molar-refractivity contribution is 0.121. The molecule has 1 atom stereocenters. The van der Waals surface area contributed by atoms with Crippen molar-refractivity contribution in [1.29, 1.82) is 0 Å². The zero-order valence-electron chi connectivity index (χ0n) is 10.2. The lowest BCUT2D eigenvalue weighted by atomic mass is 10.2. The maximum absolute atomic E-state index is 11.5. The van der Waals surface area contributed by atoms with Gasteiger partial charge in [0, 0.05) is 17.3 Å². The maximum Gasteiger partial charge on any atom is 0.411 e. The Balaban J connectivity index is 2.53. The van der Waals surface area contributed by atoms with E-state index < -0.39 is 6.09 Å². The number of ether oxygens (including phenoxy) is 1. The molecule has 0 heterocycles. The number of amides is 1. The second-order valence-electron chi connectivity index (χ2n) is 3.86. The third-order valence-corrected chi connectivity index (χ3v) is 2.63. The van der Waals surface area contributed by atoms with E-state index in [1.807, 2.05) is 19.9 Å². The number of nitrogens with one attached hydrogen (secondary N) is 2. The largest absolute Gasteiger partial charge is 0.445 e. The zero-order chi connectivity index (χ0) is 12.8. The number of carbonyl (C=O) groups is 1. The van der Waals surface area contributed by atoms with Crippen molar-refractivity contribution in [2.45, 2.75) is 20.0 Å². The third-order valence-electron chi connectivity index (χ3n) is 2.22. The highest BCUT2D eigenvalue weighted by molar-refractivity contribution is 6.31. The summed E-state index contributed by atoms with van der Waals surface area (Å²) in [6, 6.07) is 5.32. The van der Waals surface area contributed by atoms with Crippen LogP contribution in [0.2, 0.25) is 5.02 Å². The highest BCUT2D eigenvalue weighted by Crippen LogP contribution is 2.20. The van der Waals surface area contributed by atoms with Crippen LogP contribution in [0.25, 0.3) is 0 Å². The number of aryl methyl sites for hydroxylation is 1. The standard InChI is InChI=1S/C12H17ClN2O2/c1-8-4-5-10(6-11(8)13)15-12(16)17-9(2)7-14-3/h4-6,9,14H,7H2,1-3H3,(H,15,16). The molecule has 0 spiro atoms. The Morgan fingerprint density at radius 1 is 1.53 bits per heavy atom. The first-order valence-corrected chi connectivity index (χ1v) is 5.79. The molecule has 0 radical (unpaired) electrons. The van der Waals surface area contributed by atoms with Crippen LogP contribution >= 0.6 is 11.6 Å². The molecule has 0 saturated carbocycles. The van der Waals surface area contributed by atoms with Gasteiger partial charge in [0.1, 0.15) is 6.10 Å². The number of hydrogen-bond donors (Lipinski definition) is 2. The van der Waals surface area contributed by atoms with Crippen LogP contribution in [0.3, 0.4) is 0 Å². The van der Waals surface area contributed by atoms with Gasteiger partial charge in [0.25, 0.3) is 0 Å². The van der Waals surface area contributed by atoms with Crippen LogP contribution in [0.1, 0.15) is 12.5 Å². The van der Waals surface area contributed by atoms with Gasteiger partial charge in [-0.3, -0.25) is 5.32 Å². The minimum absolute atomic E-state index is 0.180. The van der Waals surface area contributed by atoms with Gasteiger partial charge in [0.15, 0.2) is 0 Å². The highest BCUT2D eigenvalue weighted by Gasteiger charge is 2.09. The molecule has 1 amide bonds. The summed E-state index contributed by atoms with van der Waals surface area (Å²) in [4.78, 5) is 11.5. The van der Waals surface area contributed by atoms with Crippen molar-refractivity contribution in [3.8, 4) is 0 Å². The van der Waals surface area contributed by atoms with Gasteiger partial charge < -0.3 is 10.1 Å². The molecule has 0 aromatic heterocycles. The fraction of sp³-hybridized carbons (Fsp3) is 0.417. The van der Waals surface area contributed by atoms with Gasteiger partial charge in [-0.1, -0.05) is 17.7 Å². The predicted molar refractivity (Wildman–Crippen MR) is 69.7 cm³/mol. The van der Waals surface area contributed by atoms with Crippen molar-refractivity contribution in [1.82, 2.24) is 5.32 Å². The molecule has 94 valence electrons. The summed E-state index contributed by atoms with van der Waals surface area (Å²) < 4.78 is 5.11. The highest BCUT2D eigenvalue weighted by atomic mass is 35.5. The van der Waals surface area contributed by atoms with Crippen LogP contribution in [0.5, 0.6) is 0 Å². The van der Waals surface area contributed by atoms with Crippen molar-refractivity contribution in [2.75, 3.05) is 18.9 Å². The summed E-state index contributed by atoms with van der Waals surface area (Å²) in [5.74, 6) is 0. The molecule has 1 aromatic carbocycles. The van der Waals surface area contributed by atoms with Crippen LogP contribution in [-0.4, -0.2) is 25.8 Å². The fourth-order valence-corrected chi connectivity index (χ4v) is 1.51. The van der Waals surface area contributed by atoms with Gasteiger partial charge in [-0.25, -0.2) is 4.79 Å². The van der Waals surface area contributed by atoms with Crippen molar-refractivity contribution in [3.05, 3.63) is 28.8 Å². The van der Waals surface area contributed by atoms with Crippen LogP contribution in [-0.2, 0) is 4.74 Å². The Labute approximate surface area is 106 Å². The molecule has 0 saturated heterocycles. The maximum atomic E-state index is 11.5. The topological polar surface area (TPSA) is 50.4 Å². The Kier molecular flexibility index (Phi) is 5.25. The Morgan fingerprint density at radius 3 is 2.82 bits per heavy atom. The summed E-state index contributed by atoms with van der Waals surface area (Å²) >= 11 is 5.95. The summed E-state index contributed by atoms with van der Waals surface area (Å²) in [7, 11) is 1.80. The van der Waals surface area contributed by atoms with E-state index in [4.69, 9.17) is 16.3 Å². The second-order valence-corrected chi connectivity index (χ2v) is 4.27. The SMILES string of the molecule is CNCC(C)OC(=O)Nc1ccc(C)c(Cl)c1. The van der Waals surface area contributed by atoms with E-state index in [1.165, 1.54) is 0 Å². The van der Waals surface area contributed by atoms with Crippen molar-refractivity contribution >= 4 is 23.4 Å². The first-order valence-electron chi connectivity index (χ1n) is 5.41. The quantitative estimate of drug-likeness (QED) is 0.871. The van der Waals surface area contributed by atoms with E-state index in [-0.39, 0.29) is 6.10 Å². The van der Waals surface area contributed by atoms with Crippen LogP contribution in [0.4, 0.5) is 10.5 Å². The molecule has 0 fully saturated rings. The van der Waals surface area contributed by atoms with Gasteiger partial charge in [-0.15, -0.1) is 0 Å². The first-order chi connectivity index (χ1) is 8.02.